The average Bonchev–Trinajstić information content (AvgIpc) is 2.01. The molecule has 1 N–H and O–H groups in total. The third-order valence-electron chi connectivity index (χ3n) is 2.95. The van der Waals surface area contributed by atoms with Crippen LogP contribution in [-0.4, -0.2) is 27.3 Å². The molecule has 1 aliphatic heterocycles. The third-order valence-corrected chi connectivity index (χ3v) is 4.04. The maximum Gasteiger partial charge on any atom is 0.302 e. The van der Waals surface area contributed by atoms with E-state index in [0.29, 0.717) is 0 Å². The minimum Gasteiger partial charge on any atom is -0.316 e. The summed E-state index contributed by atoms with van der Waals surface area (Å²) in [5.74, 6) is -0.117. The smallest absolute Gasteiger partial charge is 0.302 e. The largest absolute Gasteiger partial charge is 0.316 e. The van der Waals surface area contributed by atoms with Gasteiger partial charge in [0.05, 0.1) is 5.75 Å². The van der Waals surface area contributed by atoms with Crippen LogP contribution >= 0.6 is 0 Å². The van der Waals surface area contributed by atoms with Crippen LogP contribution in [0.25, 0.3) is 0 Å². The van der Waals surface area contributed by atoms with Crippen molar-refractivity contribution in [1.82, 2.24) is 5.32 Å². The molecule has 0 radical (unpaired) electrons. The van der Waals surface area contributed by atoms with Crippen LogP contribution in [0.4, 0.5) is 3.89 Å². The Bertz CT molecular complexity index is 281. The fraction of sp³-hybridized carbons (Fsp3) is 1.00. The Morgan fingerprint density at radius 3 is 2.57 bits per heavy atom. The fourth-order valence-electron chi connectivity index (χ4n) is 2.08. The Hall–Kier alpha value is -0.160. The number of piperidine rings is 1. The fourth-order valence-corrected chi connectivity index (χ4v) is 3.21. The van der Waals surface area contributed by atoms with E-state index in [9.17, 15) is 12.3 Å². The highest BCUT2D eigenvalue weighted by Gasteiger charge is 2.34. The Labute approximate surface area is 85.3 Å². The van der Waals surface area contributed by atoms with E-state index in [1.54, 1.807) is 0 Å². The van der Waals surface area contributed by atoms with Crippen LogP contribution in [-0.2, 0) is 10.2 Å². The second-order valence-corrected chi connectivity index (χ2v) is 6.08. The van der Waals surface area contributed by atoms with Gasteiger partial charge >= 0.3 is 10.2 Å². The zero-order chi connectivity index (χ0) is 10.8. The summed E-state index contributed by atoms with van der Waals surface area (Å²) in [4.78, 5) is 0. The van der Waals surface area contributed by atoms with Gasteiger partial charge in [0.25, 0.3) is 0 Å². The van der Waals surface area contributed by atoms with Gasteiger partial charge in [0.2, 0.25) is 0 Å². The molecule has 1 heterocycles. The average molecular weight is 223 g/mol. The Kier molecular flexibility index (Phi) is 3.53. The van der Waals surface area contributed by atoms with Gasteiger partial charge in [-0.05, 0) is 37.3 Å². The van der Waals surface area contributed by atoms with Crippen LogP contribution in [0.5, 0.6) is 0 Å². The van der Waals surface area contributed by atoms with Gasteiger partial charge in [-0.1, -0.05) is 13.8 Å². The van der Waals surface area contributed by atoms with Crippen LogP contribution in [0, 0.1) is 11.3 Å². The molecule has 14 heavy (non-hydrogen) atoms. The summed E-state index contributed by atoms with van der Waals surface area (Å²) in [6.45, 7) is 5.42. The Morgan fingerprint density at radius 1 is 1.50 bits per heavy atom. The highest BCUT2D eigenvalue weighted by molar-refractivity contribution is 7.86. The van der Waals surface area contributed by atoms with Gasteiger partial charge in [-0.3, -0.25) is 0 Å². The van der Waals surface area contributed by atoms with Crippen molar-refractivity contribution in [1.29, 1.82) is 0 Å². The van der Waals surface area contributed by atoms with E-state index in [-0.39, 0.29) is 11.7 Å². The quantitative estimate of drug-likeness (QED) is 0.734. The number of rotatable bonds is 3. The van der Waals surface area contributed by atoms with E-state index < -0.39 is 15.6 Å². The van der Waals surface area contributed by atoms with E-state index in [4.69, 9.17) is 0 Å². The van der Waals surface area contributed by atoms with Crippen molar-refractivity contribution in [3.63, 3.8) is 0 Å². The van der Waals surface area contributed by atoms with Gasteiger partial charge in [0, 0.05) is 0 Å². The van der Waals surface area contributed by atoms with E-state index in [1.807, 2.05) is 13.8 Å². The molecule has 0 amide bonds. The molecular weight excluding hydrogens is 205 g/mol. The summed E-state index contributed by atoms with van der Waals surface area (Å²) in [6, 6.07) is 0. The molecule has 0 saturated carbocycles. The molecule has 0 aromatic heterocycles. The third kappa shape index (κ3) is 3.53. The van der Waals surface area contributed by atoms with Crippen LogP contribution in [0.1, 0.15) is 26.7 Å². The molecule has 1 rings (SSSR count). The number of halogens is 1. The summed E-state index contributed by atoms with van der Waals surface area (Å²) in [7, 11) is -4.36. The van der Waals surface area contributed by atoms with E-state index in [1.165, 1.54) is 0 Å². The Balaban J connectivity index is 2.63. The number of nitrogens with one attached hydrogen (secondary N) is 1. The highest BCUT2D eigenvalue weighted by Crippen LogP contribution is 2.33. The Morgan fingerprint density at radius 2 is 2.14 bits per heavy atom. The zero-order valence-electron chi connectivity index (χ0n) is 8.72. The van der Waals surface area contributed by atoms with Crippen LogP contribution < -0.4 is 5.32 Å². The molecular formula is C9H18FNO2S. The molecule has 1 unspecified atom stereocenters. The minimum absolute atomic E-state index is 0.252. The van der Waals surface area contributed by atoms with Crippen molar-refractivity contribution in [2.45, 2.75) is 26.7 Å². The molecule has 1 atom stereocenters. The molecule has 0 aliphatic carbocycles. The van der Waals surface area contributed by atoms with Crippen molar-refractivity contribution in [3.05, 3.63) is 0 Å². The van der Waals surface area contributed by atoms with Crippen molar-refractivity contribution in [2.75, 3.05) is 18.8 Å². The van der Waals surface area contributed by atoms with Crippen molar-refractivity contribution < 1.29 is 12.3 Å². The van der Waals surface area contributed by atoms with Gasteiger partial charge in [-0.15, -0.1) is 3.89 Å². The monoisotopic (exact) mass is 223 g/mol. The predicted molar refractivity (Wildman–Crippen MR) is 54.3 cm³/mol. The van der Waals surface area contributed by atoms with Gasteiger partial charge in [-0.25, -0.2) is 0 Å². The minimum atomic E-state index is -4.36. The lowest BCUT2D eigenvalue weighted by Gasteiger charge is -2.36. The summed E-state index contributed by atoms with van der Waals surface area (Å²) in [6.07, 6.45) is 2.02. The second-order valence-electron chi connectivity index (χ2n) is 4.72. The summed E-state index contributed by atoms with van der Waals surface area (Å²) in [5.41, 5.74) is -0.471. The number of hydrogen-bond acceptors (Lipinski definition) is 3. The van der Waals surface area contributed by atoms with Crippen LogP contribution in [0.2, 0.25) is 0 Å². The van der Waals surface area contributed by atoms with E-state index in [2.05, 4.69) is 5.32 Å². The SMILES string of the molecule is CC(C)(CS(=O)(=O)F)C1CCCNC1. The molecule has 1 aliphatic rings. The molecule has 3 nitrogen and oxygen atoms in total. The predicted octanol–water partition coefficient (Wildman–Crippen LogP) is 1.31. The van der Waals surface area contributed by atoms with Gasteiger partial charge < -0.3 is 5.32 Å². The van der Waals surface area contributed by atoms with Gasteiger partial charge in [0.15, 0.2) is 0 Å². The van der Waals surface area contributed by atoms with E-state index >= 15 is 0 Å². The molecule has 0 bridgehead atoms. The first-order valence-corrected chi connectivity index (χ1v) is 6.49. The second kappa shape index (κ2) is 4.14. The molecule has 84 valence electrons. The van der Waals surface area contributed by atoms with Crippen molar-refractivity contribution >= 4 is 10.2 Å². The summed E-state index contributed by atoms with van der Waals surface area (Å²) in [5, 5.41) is 3.21. The molecule has 0 spiro atoms. The first-order chi connectivity index (χ1) is 6.31. The van der Waals surface area contributed by atoms with E-state index in [0.717, 1.165) is 25.9 Å². The number of hydrogen-bond donors (Lipinski definition) is 1. The van der Waals surface area contributed by atoms with Crippen molar-refractivity contribution in [2.24, 2.45) is 11.3 Å². The lowest BCUT2D eigenvalue weighted by atomic mass is 9.76. The van der Waals surface area contributed by atoms with Gasteiger partial charge in [-0.2, -0.15) is 8.42 Å². The maximum absolute atomic E-state index is 12.6. The first-order valence-electron chi connectivity index (χ1n) is 4.94. The van der Waals surface area contributed by atoms with Crippen LogP contribution in [0.3, 0.4) is 0 Å². The standard InChI is InChI=1S/C9H18FNO2S/c1-9(2,7-14(10,12)13)8-4-3-5-11-6-8/h8,11H,3-7H2,1-2H3. The highest BCUT2D eigenvalue weighted by atomic mass is 32.3. The maximum atomic E-state index is 12.6. The summed E-state index contributed by atoms with van der Waals surface area (Å²) < 4.78 is 33.8. The normalized spacial score (nSPS) is 24.9. The molecule has 1 saturated heterocycles. The first kappa shape index (κ1) is 11.9. The molecule has 0 aromatic carbocycles. The lowest BCUT2D eigenvalue weighted by molar-refractivity contribution is 0.195. The molecule has 0 aromatic rings. The summed E-state index contributed by atoms with van der Waals surface area (Å²) >= 11 is 0. The zero-order valence-corrected chi connectivity index (χ0v) is 9.53. The molecule has 1 fully saturated rings. The molecule has 5 heteroatoms. The van der Waals surface area contributed by atoms with Crippen LogP contribution in [0.15, 0.2) is 0 Å². The topological polar surface area (TPSA) is 46.2 Å². The van der Waals surface area contributed by atoms with Crippen molar-refractivity contribution in [3.8, 4) is 0 Å². The lowest BCUT2D eigenvalue weighted by Crippen LogP contribution is -2.41. The van der Waals surface area contributed by atoms with Gasteiger partial charge in [0.1, 0.15) is 0 Å².